The maximum absolute atomic E-state index is 13.2. The van der Waals surface area contributed by atoms with E-state index in [1.807, 2.05) is 0 Å². The van der Waals surface area contributed by atoms with E-state index in [1.165, 1.54) is 33.4 Å². The zero-order valence-electron chi connectivity index (χ0n) is 20.9. The Morgan fingerprint density at radius 1 is 1.28 bits per heavy atom. The molecule has 0 radical (unpaired) electrons. The number of hydrogen-bond acceptors (Lipinski definition) is 14. The summed E-state index contributed by atoms with van der Waals surface area (Å²) in [6.07, 6.45) is 5.10. The van der Waals surface area contributed by atoms with E-state index < -0.39 is 53.1 Å². The number of aromatic nitrogens is 2. The minimum absolute atomic E-state index is 0.0230. The summed E-state index contributed by atoms with van der Waals surface area (Å²) in [5.74, 6) is -2.51. The van der Waals surface area contributed by atoms with Gasteiger partial charge in [-0.15, -0.1) is 34.4 Å². The zero-order valence-corrected chi connectivity index (χ0v) is 23.4. The Kier molecular flexibility index (Phi) is 8.36. The molecule has 2 amide bonds. The number of ether oxygens (including phenoxy) is 2. The first-order chi connectivity index (χ1) is 18.5. The van der Waals surface area contributed by atoms with Crippen LogP contribution in [0.5, 0.6) is 0 Å². The number of nitrogens with one attached hydrogen (secondary N) is 1. The molecule has 206 valence electrons. The van der Waals surface area contributed by atoms with Gasteiger partial charge in [-0.05, 0) is 32.4 Å². The highest BCUT2D eigenvalue weighted by Crippen LogP contribution is 2.41. The number of β-lactam (4-membered cyclic amide) rings is 1. The molecule has 2 atom stereocenters. The van der Waals surface area contributed by atoms with Crippen LogP contribution in [0.1, 0.15) is 31.3 Å². The Bertz CT molecular complexity index is 1380. The quantitative estimate of drug-likeness (QED) is 0.101. The fraction of sp³-hybridized carbons (Fsp3) is 0.348. The Labute approximate surface area is 234 Å². The zero-order chi connectivity index (χ0) is 28.3. The summed E-state index contributed by atoms with van der Waals surface area (Å²) in [4.78, 5) is 61.1. The fourth-order valence-corrected chi connectivity index (χ4v) is 5.87. The van der Waals surface area contributed by atoms with E-state index in [9.17, 15) is 24.4 Å². The number of amides is 2. The van der Waals surface area contributed by atoms with Crippen LogP contribution in [0.2, 0.25) is 0 Å². The first-order valence-corrected chi connectivity index (χ1v) is 14.1. The molecule has 4 N–H and O–H groups in total. The number of carbonyl (C=O) groups is 4. The number of esters is 2. The normalized spacial score (nSPS) is 19.5. The van der Waals surface area contributed by atoms with Crippen LogP contribution in [0.3, 0.4) is 0 Å². The Hall–Kier alpha value is -3.76. The number of nitrogens with two attached hydrogens (primary N) is 1. The Morgan fingerprint density at radius 2 is 2.05 bits per heavy atom. The molecule has 4 rings (SSSR count). The number of hydrogen-bond donors (Lipinski definition) is 3. The molecular formula is C23H24N6O7S3. The lowest BCUT2D eigenvalue weighted by atomic mass is 9.98. The molecule has 0 saturated carbocycles. The molecule has 16 heteroatoms. The summed E-state index contributed by atoms with van der Waals surface area (Å²) in [7, 11) is 0. The monoisotopic (exact) mass is 592 g/mol. The van der Waals surface area contributed by atoms with Crippen molar-refractivity contribution in [3.63, 3.8) is 0 Å². The molecule has 2 aliphatic rings. The summed E-state index contributed by atoms with van der Waals surface area (Å²) in [6, 6.07) is -1.01. The minimum atomic E-state index is -1.01. The maximum atomic E-state index is 13.2. The van der Waals surface area contributed by atoms with Crippen molar-refractivity contribution in [2.75, 3.05) is 18.3 Å². The number of nitrogens with zero attached hydrogens (tertiary/aromatic N) is 4. The second kappa shape index (κ2) is 11.5. The van der Waals surface area contributed by atoms with Crippen LogP contribution in [-0.4, -0.2) is 73.5 Å². The van der Waals surface area contributed by atoms with Crippen LogP contribution in [0, 0.1) is 5.41 Å². The van der Waals surface area contributed by atoms with Crippen LogP contribution in [-0.2, 0) is 28.7 Å². The summed E-state index contributed by atoms with van der Waals surface area (Å²) in [5, 5.41) is 15.9. The molecule has 4 heterocycles. The van der Waals surface area contributed by atoms with Gasteiger partial charge in [0.2, 0.25) is 6.79 Å². The van der Waals surface area contributed by atoms with E-state index in [-0.39, 0.29) is 16.5 Å². The first kappa shape index (κ1) is 28.3. The van der Waals surface area contributed by atoms with Crippen molar-refractivity contribution in [3.8, 4) is 0 Å². The molecule has 1 fully saturated rings. The van der Waals surface area contributed by atoms with Crippen LogP contribution in [0.25, 0.3) is 6.08 Å². The molecule has 13 nitrogen and oxygen atoms in total. The van der Waals surface area contributed by atoms with Gasteiger partial charge in [-0.2, -0.15) is 0 Å². The highest BCUT2D eigenvalue weighted by atomic mass is 32.2. The van der Waals surface area contributed by atoms with Gasteiger partial charge in [0.25, 0.3) is 11.8 Å². The number of fused-ring (bicyclic) bond motifs is 1. The average Bonchev–Trinajstić information content (AvgIpc) is 3.57. The van der Waals surface area contributed by atoms with Gasteiger partial charge in [0, 0.05) is 22.2 Å². The molecule has 1 saturated heterocycles. The van der Waals surface area contributed by atoms with E-state index >= 15 is 0 Å². The molecule has 39 heavy (non-hydrogen) atoms. The molecule has 2 aromatic rings. The van der Waals surface area contributed by atoms with Gasteiger partial charge in [0.15, 0.2) is 10.8 Å². The average molecular weight is 593 g/mol. The number of oxime groups is 1. The smallest absolute Gasteiger partial charge is 0.358 e. The lowest BCUT2D eigenvalue weighted by molar-refractivity contribution is -0.173. The van der Waals surface area contributed by atoms with Crippen molar-refractivity contribution < 1.29 is 33.9 Å². The lowest BCUT2D eigenvalue weighted by Crippen LogP contribution is -2.71. The van der Waals surface area contributed by atoms with Crippen LogP contribution >= 0.6 is 34.4 Å². The molecular weight excluding hydrogens is 568 g/mol. The minimum Gasteiger partial charge on any atom is -0.427 e. The SMILES string of the molecule is CC(C)(C)C(=O)OCOC(=O)C1=C(/C=C/c2cncs2)CS[C@@H]2C(NC(=O)/C(=N/O)c3csc(N)n3)C(=O)N12. The van der Waals surface area contributed by atoms with Crippen molar-refractivity contribution in [1.82, 2.24) is 20.2 Å². The van der Waals surface area contributed by atoms with Crippen LogP contribution < -0.4 is 11.1 Å². The number of rotatable bonds is 8. The van der Waals surface area contributed by atoms with E-state index in [1.54, 1.807) is 44.6 Å². The van der Waals surface area contributed by atoms with Crippen molar-refractivity contribution in [3.05, 3.63) is 45.0 Å². The predicted molar refractivity (Wildman–Crippen MR) is 145 cm³/mol. The molecule has 0 spiro atoms. The van der Waals surface area contributed by atoms with Gasteiger partial charge in [-0.1, -0.05) is 11.2 Å². The Balaban J connectivity index is 1.52. The van der Waals surface area contributed by atoms with Crippen molar-refractivity contribution in [2.45, 2.75) is 32.2 Å². The number of anilines is 1. The van der Waals surface area contributed by atoms with Crippen molar-refractivity contribution in [1.29, 1.82) is 0 Å². The van der Waals surface area contributed by atoms with Crippen LogP contribution in [0.4, 0.5) is 5.13 Å². The Morgan fingerprint density at radius 3 is 2.67 bits per heavy atom. The van der Waals surface area contributed by atoms with E-state index in [2.05, 4.69) is 20.4 Å². The topological polar surface area (TPSA) is 186 Å². The largest absolute Gasteiger partial charge is 0.427 e. The van der Waals surface area contributed by atoms with E-state index in [4.69, 9.17) is 15.2 Å². The standard InChI is InChI=1S/C23H24N6O7S3/c1-23(2,3)21(33)36-10-35-20(32)16-11(4-5-12-6-25-9-39-12)7-37-19-15(18(31)29(16)19)27-17(30)14(28-34)13-8-38-22(24)26-13/h4-6,8-9,15,19,34H,7,10H2,1-3H3,(H2,24,26)(H,27,30)/b5-4+,28-14+/t15?,19-/m1/s1. The van der Waals surface area contributed by atoms with Crippen molar-refractivity contribution >= 4 is 75.1 Å². The molecule has 0 bridgehead atoms. The number of nitrogen functional groups attached to an aromatic ring is 1. The fourth-order valence-electron chi connectivity index (χ4n) is 3.49. The molecule has 2 aliphatic heterocycles. The maximum Gasteiger partial charge on any atom is 0.358 e. The van der Waals surface area contributed by atoms with Gasteiger partial charge in [0.05, 0.1) is 10.9 Å². The number of carbonyl (C=O) groups excluding carboxylic acids is 4. The number of thiazole rings is 2. The molecule has 1 unspecified atom stereocenters. The summed E-state index contributed by atoms with van der Waals surface area (Å²) in [6.45, 7) is 4.36. The number of thioether (sulfide) groups is 1. The van der Waals surface area contributed by atoms with E-state index in [0.29, 0.717) is 11.3 Å². The third kappa shape index (κ3) is 6.12. The number of allylic oxidation sites excluding steroid dienone is 1. The summed E-state index contributed by atoms with van der Waals surface area (Å²) >= 11 is 3.78. The predicted octanol–water partition coefficient (Wildman–Crippen LogP) is 1.82. The van der Waals surface area contributed by atoms with Crippen LogP contribution in [0.15, 0.2) is 39.6 Å². The lowest BCUT2D eigenvalue weighted by Gasteiger charge is -2.49. The third-order valence-corrected chi connectivity index (χ3v) is 8.17. The van der Waals surface area contributed by atoms with Gasteiger partial charge in [-0.3, -0.25) is 24.3 Å². The van der Waals surface area contributed by atoms with Gasteiger partial charge < -0.3 is 25.7 Å². The molecule has 2 aromatic heterocycles. The second-order valence-electron chi connectivity index (χ2n) is 9.22. The summed E-state index contributed by atoms with van der Waals surface area (Å²) < 4.78 is 10.2. The van der Waals surface area contributed by atoms with Gasteiger partial charge in [0.1, 0.15) is 22.8 Å². The highest BCUT2D eigenvalue weighted by Gasteiger charge is 2.54. The second-order valence-corrected chi connectivity index (χ2v) is 12.1. The van der Waals surface area contributed by atoms with Gasteiger partial charge in [-0.25, -0.2) is 9.78 Å². The van der Waals surface area contributed by atoms with Gasteiger partial charge >= 0.3 is 11.9 Å². The first-order valence-electron chi connectivity index (χ1n) is 11.3. The molecule has 0 aromatic carbocycles. The third-order valence-electron chi connectivity index (χ3n) is 5.45. The summed E-state index contributed by atoms with van der Waals surface area (Å²) in [5.41, 5.74) is 6.60. The highest BCUT2D eigenvalue weighted by molar-refractivity contribution is 8.00. The van der Waals surface area contributed by atoms with Crippen molar-refractivity contribution in [2.24, 2.45) is 10.6 Å². The van der Waals surface area contributed by atoms with E-state index in [0.717, 1.165) is 16.2 Å². The molecule has 0 aliphatic carbocycles.